The fourth-order valence-corrected chi connectivity index (χ4v) is 5.29. The first kappa shape index (κ1) is 15.0. The fraction of sp³-hybridized carbons (Fsp3) is 0.333. The molecule has 106 valence electrons. The van der Waals surface area contributed by atoms with E-state index in [4.69, 9.17) is 0 Å². The molecule has 0 amide bonds. The van der Waals surface area contributed by atoms with Gasteiger partial charge in [-0.3, -0.25) is 0 Å². The molecule has 2 aromatic carbocycles. The van der Waals surface area contributed by atoms with Gasteiger partial charge in [0.25, 0.3) is 0 Å². The highest BCUT2D eigenvalue weighted by Crippen LogP contribution is 2.17. The Morgan fingerprint density at radius 3 is 1.95 bits per heavy atom. The highest BCUT2D eigenvalue weighted by atomic mass is 28.3. The lowest BCUT2D eigenvalue weighted by molar-refractivity contribution is 0.401. The first-order valence-electron chi connectivity index (χ1n) is 7.26. The highest BCUT2D eigenvalue weighted by Gasteiger charge is 2.24. The van der Waals surface area contributed by atoms with Crippen molar-refractivity contribution in [2.75, 3.05) is 14.1 Å². The molecule has 0 aliphatic heterocycles. The molecule has 0 bridgehead atoms. The van der Waals surface area contributed by atoms with Gasteiger partial charge in [0.2, 0.25) is 0 Å². The van der Waals surface area contributed by atoms with Crippen LogP contribution in [0.25, 0.3) is 0 Å². The zero-order chi connectivity index (χ0) is 14.6. The molecule has 20 heavy (non-hydrogen) atoms. The van der Waals surface area contributed by atoms with Crippen LogP contribution in [0.1, 0.15) is 11.1 Å². The van der Waals surface area contributed by atoms with E-state index >= 15 is 0 Å². The predicted molar refractivity (Wildman–Crippen MR) is 91.1 cm³/mol. The number of nitrogens with zero attached hydrogens (tertiary/aromatic N) is 1. The Morgan fingerprint density at radius 2 is 1.35 bits per heavy atom. The van der Waals surface area contributed by atoms with Crippen LogP contribution >= 0.6 is 0 Å². The summed E-state index contributed by atoms with van der Waals surface area (Å²) in [6.07, 6.45) is 0. The first-order chi connectivity index (χ1) is 9.49. The zero-order valence-corrected chi connectivity index (χ0v) is 14.1. The van der Waals surface area contributed by atoms with E-state index < -0.39 is 8.07 Å². The van der Waals surface area contributed by atoms with Crippen LogP contribution in [0.5, 0.6) is 0 Å². The first-order valence-corrected chi connectivity index (χ1v) is 10.5. The lowest BCUT2D eigenvalue weighted by Crippen LogP contribution is -2.44. The van der Waals surface area contributed by atoms with E-state index in [-0.39, 0.29) is 0 Å². The van der Waals surface area contributed by atoms with Crippen LogP contribution in [0.15, 0.2) is 54.6 Å². The molecular formula is C18H25NSi. The lowest BCUT2D eigenvalue weighted by Gasteiger charge is -2.25. The van der Waals surface area contributed by atoms with Crippen molar-refractivity contribution in [3.63, 3.8) is 0 Å². The van der Waals surface area contributed by atoms with E-state index in [2.05, 4.69) is 86.7 Å². The van der Waals surface area contributed by atoms with Crippen LogP contribution in [-0.2, 0) is 12.6 Å². The largest absolute Gasteiger partial charge is 0.305 e. The molecule has 0 heterocycles. The molecule has 0 aliphatic rings. The topological polar surface area (TPSA) is 3.24 Å². The smallest absolute Gasteiger partial charge is 0.0849 e. The van der Waals surface area contributed by atoms with Crippen molar-refractivity contribution >= 4 is 13.3 Å². The van der Waals surface area contributed by atoms with E-state index in [0.29, 0.717) is 0 Å². The lowest BCUT2D eigenvalue weighted by atomic mass is 10.1. The minimum absolute atomic E-state index is 1.02. The van der Waals surface area contributed by atoms with E-state index in [1.807, 2.05) is 0 Å². The van der Waals surface area contributed by atoms with Gasteiger partial charge in [0.15, 0.2) is 0 Å². The van der Waals surface area contributed by atoms with Gasteiger partial charge in [0.05, 0.1) is 8.07 Å². The summed E-state index contributed by atoms with van der Waals surface area (Å²) in [6.45, 7) is 5.96. The Morgan fingerprint density at radius 1 is 0.800 bits per heavy atom. The van der Waals surface area contributed by atoms with Gasteiger partial charge in [-0.15, -0.1) is 0 Å². The van der Waals surface area contributed by atoms with Crippen molar-refractivity contribution in [3.8, 4) is 0 Å². The van der Waals surface area contributed by atoms with Gasteiger partial charge in [-0.1, -0.05) is 72.9 Å². The van der Waals surface area contributed by atoms with Gasteiger partial charge in [0.1, 0.15) is 0 Å². The van der Waals surface area contributed by atoms with Crippen LogP contribution in [0, 0.1) is 0 Å². The summed E-state index contributed by atoms with van der Waals surface area (Å²) >= 11 is 0. The van der Waals surface area contributed by atoms with Crippen molar-refractivity contribution in [2.24, 2.45) is 0 Å². The normalized spacial score (nSPS) is 11.8. The summed E-state index contributed by atoms with van der Waals surface area (Å²) in [5, 5.41) is 1.54. The van der Waals surface area contributed by atoms with Crippen LogP contribution in [0.2, 0.25) is 13.1 Å². The fourth-order valence-electron chi connectivity index (χ4n) is 2.69. The summed E-state index contributed by atoms with van der Waals surface area (Å²) in [5.74, 6) is 0. The van der Waals surface area contributed by atoms with E-state index in [9.17, 15) is 0 Å². The summed E-state index contributed by atoms with van der Waals surface area (Å²) in [5.41, 5.74) is 2.98. The van der Waals surface area contributed by atoms with Crippen molar-refractivity contribution in [1.29, 1.82) is 0 Å². The minimum Gasteiger partial charge on any atom is -0.305 e. The maximum atomic E-state index is 2.47. The van der Waals surface area contributed by atoms with Crippen molar-refractivity contribution in [1.82, 2.24) is 4.90 Å². The Kier molecular flexibility index (Phi) is 4.79. The van der Waals surface area contributed by atoms with Crippen molar-refractivity contribution in [3.05, 3.63) is 65.7 Å². The third-order valence-electron chi connectivity index (χ3n) is 3.79. The maximum Gasteiger partial charge on any atom is 0.0849 e. The third-order valence-corrected chi connectivity index (χ3v) is 6.95. The molecule has 0 N–H and O–H groups in total. The minimum atomic E-state index is -1.42. The second-order valence-corrected chi connectivity index (χ2v) is 11.1. The number of hydrogen-bond donors (Lipinski definition) is 0. The molecule has 0 radical (unpaired) electrons. The average molecular weight is 283 g/mol. The molecule has 0 fully saturated rings. The Hall–Kier alpha value is -1.38. The Labute approximate surface area is 124 Å². The van der Waals surface area contributed by atoms with Crippen molar-refractivity contribution in [2.45, 2.75) is 25.7 Å². The molecule has 2 heteroatoms. The maximum absolute atomic E-state index is 2.47. The van der Waals surface area contributed by atoms with Crippen molar-refractivity contribution < 1.29 is 0 Å². The van der Waals surface area contributed by atoms with Gasteiger partial charge in [-0.2, -0.15) is 0 Å². The van der Waals surface area contributed by atoms with Gasteiger partial charge >= 0.3 is 0 Å². The number of hydrogen-bond acceptors (Lipinski definition) is 1. The summed E-state index contributed by atoms with van der Waals surface area (Å²) in [4.78, 5) is 2.25. The molecule has 0 saturated heterocycles. The summed E-state index contributed by atoms with van der Waals surface area (Å²) < 4.78 is 0. The third kappa shape index (κ3) is 3.81. The van der Waals surface area contributed by atoms with Crippen LogP contribution in [0.3, 0.4) is 0 Å². The molecule has 0 aliphatic carbocycles. The Balaban J connectivity index is 2.25. The monoisotopic (exact) mass is 283 g/mol. The summed E-state index contributed by atoms with van der Waals surface area (Å²) in [6, 6.07) is 21.1. The molecule has 0 saturated carbocycles. The predicted octanol–water partition coefficient (Wildman–Crippen LogP) is 3.45. The molecule has 0 aromatic heterocycles. The quantitative estimate of drug-likeness (QED) is 0.760. The zero-order valence-electron chi connectivity index (χ0n) is 13.1. The molecule has 2 rings (SSSR count). The second-order valence-electron chi connectivity index (χ2n) is 6.43. The SMILES string of the molecule is CN(C)Cc1ccccc1C[Si](C)(C)c1ccccc1. The molecule has 0 unspecified atom stereocenters. The molecule has 1 nitrogen and oxygen atoms in total. The number of rotatable bonds is 5. The molecule has 0 atom stereocenters. The molecular weight excluding hydrogens is 258 g/mol. The Bertz CT molecular complexity index is 546. The highest BCUT2D eigenvalue weighted by molar-refractivity contribution is 6.89. The van der Waals surface area contributed by atoms with Gasteiger partial charge in [0, 0.05) is 6.54 Å². The van der Waals surface area contributed by atoms with Gasteiger partial charge < -0.3 is 4.90 Å². The molecule has 2 aromatic rings. The van der Waals surface area contributed by atoms with Crippen LogP contribution < -0.4 is 5.19 Å². The standard InChI is InChI=1S/C18H25NSi/c1-19(2)14-16-10-8-9-11-17(16)15-20(3,4)18-12-6-5-7-13-18/h5-13H,14-15H2,1-4H3. The average Bonchev–Trinajstić information content (AvgIpc) is 2.41. The number of benzene rings is 2. The van der Waals surface area contributed by atoms with Gasteiger partial charge in [-0.05, 0) is 31.3 Å². The van der Waals surface area contributed by atoms with E-state index in [1.165, 1.54) is 17.2 Å². The molecule has 0 spiro atoms. The van der Waals surface area contributed by atoms with Crippen LogP contribution in [0.4, 0.5) is 0 Å². The van der Waals surface area contributed by atoms with E-state index in [0.717, 1.165) is 6.54 Å². The van der Waals surface area contributed by atoms with Crippen LogP contribution in [-0.4, -0.2) is 27.1 Å². The van der Waals surface area contributed by atoms with E-state index in [1.54, 1.807) is 5.19 Å². The van der Waals surface area contributed by atoms with Gasteiger partial charge in [-0.25, -0.2) is 0 Å². The second kappa shape index (κ2) is 6.38. The summed E-state index contributed by atoms with van der Waals surface area (Å²) in [7, 11) is 2.85.